The highest BCUT2D eigenvalue weighted by atomic mass is 16.1. The van der Waals surface area contributed by atoms with Gasteiger partial charge in [-0.3, -0.25) is 9.36 Å². The van der Waals surface area contributed by atoms with Crippen molar-refractivity contribution in [2.45, 2.75) is 18.9 Å². The molecule has 0 bridgehead atoms. The monoisotopic (exact) mass is 229 g/mol. The van der Waals surface area contributed by atoms with E-state index >= 15 is 0 Å². The molecule has 1 aromatic heterocycles. The van der Waals surface area contributed by atoms with Crippen LogP contribution in [0.25, 0.3) is 10.9 Å². The van der Waals surface area contributed by atoms with E-state index in [-0.39, 0.29) is 11.6 Å². The molecule has 17 heavy (non-hydrogen) atoms. The maximum Gasteiger partial charge on any atom is 0.261 e. The predicted molar refractivity (Wildman–Crippen MR) is 67.1 cm³/mol. The molecule has 88 valence electrons. The van der Waals surface area contributed by atoms with Gasteiger partial charge in [-0.25, -0.2) is 4.98 Å². The summed E-state index contributed by atoms with van der Waals surface area (Å²) >= 11 is 0. The lowest BCUT2D eigenvalue weighted by Gasteiger charge is -2.24. The molecule has 1 fully saturated rings. The number of piperidine rings is 1. The summed E-state index contributed by atoms with van der Waals surface area (Å²) in [6.45, 7) is 1.91. The van der Waals surface area contributed by atoms with Gasteiger partial charge < -0.3 is 5.32 Å². The molecule has 0 amide bonds. The van der Waals surface area contributed by atoms with Gasteiger partial charge in [-0.1, -0.05) is 12.1 Å². The first-order valence-electron chi connectivity index (χ1n) is 6.03. The number of nitrogens with zero attached hydrogens (tertiary/aromatic N) is 2. The number of nitrogens with one attached hydrogen (secondary N) is 1. The van der Waals surface area contributed by atoms with Gasteiger partial charge in [-0.2, -0.15) is 0 Å². The summed E-state index contributed by atoms with van der Waals surface area (Å²) < 4.78 is 1.77. The molecule has 1 N–H and O–H groups in total. The van der Waals surface area contributed by atoms with Crippen molar-refractivity contribution in [1.29, 1.82) is 0 Å². The Morgan fingerprint density at radius 1 is 1.35 bits per heavy atom. The Hall–Kier alpha value is -1.68. The van der Waals surface area contributed by atoms with Crippen molar-refractivity contribution in [1.82, 2.24) is 14.9 Å². The van der Waals surface area contributed by atoms with Gasteiger partial charge >= 0.3 is 0 Å². The van der Waals surface area contributed by atoms with Crippen LogP contribution in [0.3, 0.4) is 0 Å². The molecule has 1 unspecified atom stereocenters. The fraction of sp³-hybridized carbons (Fsp3) is 0.385. The highest BCUT2D eigenvalue weighted by Crippen LogP contribution is 2.15. The smallest absolute Gasteiger partial charge is 0.261 e. The SMILES string of the molecule is O=c1c2ccccc2ncn1C1CCCNC1. The van der Waals surface area contributed by atoms with Gasteiger partial charge in [0.2, 0.25) is 0 Å². The van der Waals surface area contributed by atoms with Crippen molar-refractivity contribution in [2.75, 3.05) is 13.1 Å². The van der Waals surface area contributed by atoms with Gasteiger partial charge in [0, 0.05) is 6.54 Å². The van der Waals surface area contributed by atoms with Crippen molar-refractivity contribution < 1.29 is 0 Å². The zero-order valence-corrected chi connectivity index (χ0v) is 9.60. The standard InChI is InChI=1S/C13H15N3O/c17-13-11-5-1-2-6-12(11)15-9-16(13)10-4-3-7-14-8-10/h1-2,5-6,9-10,14H,3-4,7-8H2. The lowest BCUT2D eigenvalue weighted by Crippen LogP contribution is -2.36. The molecule has 0 saturated carbocycles. The van der Waals surface area contributed by atoms with Crippen LogP contribution in [-0.2, 0) is 0 Å². The minimum absolute atomic E-state index is 0.0734. The van der Waals surface area contributed by atoms with Crippen LogP contribution in [-0.4, -0.2) is 22.6 Å². The highest BCUT2D eigenvalue weighted by molar-refractivity contribution is 5.76. The Morgan fingerprint density at radius 3 is 3.06 bits per heavy atom. The molecular formula is C13H15N3O. The van der Waals surface area contributed by atoms with Gasteiger partial charge in [-0.15, -0.1) is 0 Å². The summed E-state index contributed by atoms with van der Waals surface area (Å²) in [7, 11) is 0. The lowest BCUT2D eigenvalue weighted by atomic mass is 10.1. The topological polar surface area (TPSA) is 46.9 Å². The third kappa shape index (κ3) is 1.85. The third-order valence-electron chi connectivity index (χ3n) is 3.35. The second-order valence-electron chi connectivity index (χ2n) is 4.47. The average Bonchev–Trinajstić information content (AvgIpc) is 2.40. The first-order valence-corrected chi connectivity index (χ1v) is 6.03. The minimum atomic E-state index is 0.0734. The van der Waals surface area contributed by atoms with Crippen molar-refractivity contribution in [3.8, 4) is 0 Å². The van der Waals surface area contributed by atoms with E-state index in [4.69, 9.17) is 0 Å². The van der Waals surface area contributed by atoms with Gasteiger partial charge in [0.05, 0.1) is 23.3 Å². The first kappa shape index (κ1) is 10.5. The predicted octanol–water partition coefficient (Wildman–Crippen LogP) is 1.32. The molecule has 1 aromatic carbocycles. The highest BCUT2D eigenvalue weighted by Gasteiger charge is 2.16. The molecule has 1 atom stereocenters. The molecule has 3 rings (SSSR count). The molecule has 1 aliphatic rings. The molecule has 0 radical (unpaired) electrons. The van der Waals surface area contributed by atoms with Gasteiger partial charge in [-0.05, 0) is 31.5 Å². The minimum Gasteiger partial charge on any atom is -0.315 e. The number of para-hydroxylation sites is 1. The van der Waals surface area contributed by atoms with Crippen LogP contribution in [0.15, 0.2) is 35.4 Å². The zero-order chi connectivity index (χ0) is 11.7. The van der Waals surface area contributed by atoms with Crippen LogP contribution < -0.4 is 10.9 Å². The Balaban J connectivity index is 2.11. The van der Waals surface area contributed by atoms with Crippen LogP contribution in [0.2, 0.25) is 0 Å². The summed E-state index contributed by atoms with van der Waals surface area (Å²) in [5.74, 6) is 0. The largest absolute Gasteiger partial charge is 0.315 e. The van der Waals surface area contributed by atoms with E-state index in [9.17, 15) is 4.79 Å². The van der Waals surface area contributed by atoms with Crippen LogP contribution >= 0.6 is 0 Å². The quantitative estimate of drug-likeness (QED) is 0.802. The van der Waals surface area contributed by atoms with Gasteiger partial charge in [0.15, 0.2) is 0 Å². The molecule has 2 heterocycles. The summed E-state index contributed by atoms with van der Waals surface area (Å²) in [6.07, 6.45) is 3.85. The lowest BCUT2D eigenvalue weighted by molar-refractivity contribution is 0.363. The Kier molecular flexibility index (Phi) is 2.65. The van der Waals surface area contributed by atoms with E-state index < -0.39 is 0 Å². The number of rotatable bonds is 1. The second kappa shape index (κ2) is 4.30. The number of hydrogen-bond acceptors (Lipinski definition) is 3. The van der Waals surface area contributed by atoms with Gasteiger partial charge in [0.1, 0.15) is 0 Å². The fourth-order valence-corrected chi connectivity index (χ4v) is 2.41. The second-order valence-corrected chi connectivity index (χ2v) is 4.47. The molecule has 4 heteroatoms. The van der Waals surface area contributed by atoms with Crippen LogP contribution in [0, 0.1) is 0 Å². The average molecular weight is 229 g/mol. The van der Waals surface area contributed by atoms with E-state index in [1.54, 1.807) is 10.9 Å². The van der Waals surface area contributed by atoms with E-state index in [0.717, 1.165) is 31.4 Å². The number of benzene rings is 1. The van der Waals surface area contributed by atoms with Crippen molar-refractivity contribution in [3.63, 3.8) is 0 Å². The molecule has 0 aliphatic carbocycles. The Morgan fingerprint density at radius 2 is 2.24 bits per heavy atom. The van der Waals surface area contributed by atoms with Crippen molar-refractivity contribution >= 4 is 10.9 Å². The van der Waals surface area contributed by atoms with E-state index in [0.29, 0.717) is 5.39 Å². The van der Waals surface area contributed by atoms with Crippen LogP contribution in [0.1, 0.15) is 18.9 Å². The van der Waals surface area contributed by atoms with Crippen molar-refractivity contribution in [3.05, 3.63) is 40.9 Å². The van der Waals surface area contributed by atoms with Crippen LogP contribution in [0.5, 0.6) is 0 Å². The van der Waals surface area contributed by atoms with E-state index in [1.807, 2.05) is 24.3 Å². The maximum absolute atomic E-state index is 12.3. The summed E-state index contributed by atoms with van der Waals surface area (Å²) in [5, 5.41) is 4.03. The normalized spacial score (nSPS) is 20.6. The molecule has 1 aliphatic heterocycles. The molecule has 2 aromatic rings. The fourth-order valence-electron chi connectivity index (χ4n) is 2.41. The molecular weight excluding hydrogens is 214 g/mol. The van der Waals surface area contributed by atoms with Gasteiger partial charge in [0.25, 0.3) is 5.56 Å². The van der Waals surface area contributed by atoms with E-state index in [2.05, 4.69) is 10.3 Å². The molecule has 0 spiro atoms. The molecule has 1 saturated heterocycles. The Labute approximate surface area is 99.3 Å². The Bertz CT molecular complexity index is 584. The summed E-state index contributed by atoms with van der Waals surface area (Å²) in [6, 6.07) is 7.75. The van der Waals surface area contributed by atoms with Crippen molar-refractivity contribution in [2.24, 2.45) is 0 Å². The molecule has 4 nitrogen and oxygen atoms in total. The van der Waals surface area contributed by atoms with Crippen LogP contribution in [0.4, 0.5) is 0 Å². The first-order chi connectivity index (χ1) is 8.36. The number of fused-ring (bicyclic) bond motifs is 1. The number of hydrogen-bond donors (Lipinski definition) is 1. The third-order valence-corrected chi connectivity index (χ3v) is 3.35. The van der Waals surface area contributed by atoms with E-state index in [1.165, 1.54) is 0 Å². The summed E-state index contributed by atoms with van der Waals surface area (Å²) in [5.41, 5.74) is 0.849. The maximum atomic E-state index is 12.3. The number of aromatic nitrogens is 2. The summed E-state index contributed by atoms with van der Waals surface area (Å²) in [4.78, 5) is 16.7. The zero-order valence-electron chi connectivity index (χ0n) is 9.60.